The summed E-state index contributed by atoms with van der Waals surface area (Å²) in [5, 5.41) is 8.92. The third kappa shape index (κ3) is 3.29. The van der Waals surface area contributed by atoms with Crippen LogP contribution in [0.3, 0.4) is 0 Å². The molecule has 0 fully saturated rings. The number of hydrogen-bond donors (Lipinski definition) is 2. The monoisotopic (exact) mass is 282 g/mol. The van der Waals surface area contributed by atoms with Crippen molar-refractivity contribution in [2.45, 2.75) is 19.8 Å². The van der Waals surface area contributed by atoms with E-state index in [-0.39, 0.29) is 11.8 Å². The number of rotatable bonds is 4. The van der Waals surface area contributed by atoms with Crippen LogP contribution >= 0.6 is 0 Å². The quantitative estimate of drug-likeness (QED) is 0.874. The number of allylic oxidation sites excluding steroid dienone is 1. The summed E-state index contributed by atoms with van der Waals surface area (Å²) < 4.78 is 0. The number of aliphatic imine (C=N–C) groups is 1. The minimum Gasteiger partial charge on any atom is -0.404 e. The van der Waals surface area contributed by atoms with Crippen molar-refractivity contribution in [3.63, 3.8) is 0 Å². The van der Waals surface area contributed by atoms with Crippen LogP contribution < -0.4 is 11.5 Å². The smallest absolute Gasteiger partial charge is 0.217 e. The first-order valence-corrected chi connectivity index (χ1v) is 6.80. The summed E-state index contributed by atoms with van der Waals surface area (Å²) >= 11 is 0. The molecule has 1 aromatic rings. The Hall–Kier alpha value is -2.61. The van der Waals surface area contributed by atoms with Gasteiger partial charge in [0.1, 0.15) is 0 Å². The van der Waals surface area contributed by atoms with Crippen LogP contribution in [0.2, 0.25) is 0 Å². The number of nitriles is 1. The number of nitrogens with two attached hydrogens (primary N) is 2. The maximum atomic E-state index is 11.0. The summed E-state index contributed by atoms with van der Waals surface area (Å²) in [6, 6.07) is 7.60. The number of primary amides is 1. The number of aryl methyl sites for hydroxylation is 1. The minimum absolute atomic E-state index is 0.158. The Morgan fingerprint density at radius 2 is 2.33 bits per heavy atom. The fourth-order valence-electron chi connectivity index (χ4n) is 2.64. The van der Waals surface area contributed by atoms with E-state index in [2.05, 4.69) is 11.1 Å². The molecule has 1 aliphatic heterocycles. The molecule has 1 aliphatic rings. The Kier molecular flexibility index (Phi) is 4.39. The SMILES string of the molecule is Cc1cc(C#N)ccc1C(=CN)C1=NCC(CC(N)=O)C1. The summed E-state index contributed by atoms with van der Waals surface area (Å²) in [5.41, 5.74) is 15.3. The van der Waals surface area contributed by atoms with Gasteiger partial charge in [-0.1, -0.05) is 6.07 Å². The molecule has 1 unspecified atom stereocenters. The summed E-state index contributed by atoms with van der Waals surface area (Å²) in [5.74, 6) is -0.143. The van der Waals surface area contributed by atoms with Crippen molar-refractivity contribution in [3.8, 4) is 6.07 Å². The number of carbonyl (C=O) groups excluding carboxylic acids is 1. The van der Waals surface area contributed by atoms with E-state index in [0.717, 1.165) is 22.4 Å². The number of hydrogen-bond acceptors (Lipinski definition) is 4. The van der Waals surface area contributed by atoms with Gasteiger partial charge in [0.05, 0.1) is 11.6 Å². The largest absolute Gasteiger partial charge is 0.404 e. The van der Waals surface area contributed by atoms with Crippen molar-refractivity contribution >= 4 is 17.2 Å². The maximum Gasteiger partial charge on any atom is 0.217 e. The molecule has 0 spiro atoms. The zero-order valence-electron chi connectivity index (χ0n) is 12.0. The van der Waals surface area contributed by atoms with Gasteiger partial charge < -0.3 is 11.5 Å². The molecule has 5 heteroatoms. The zero-order valence-corrected chi connectivity index (χ0v) is 12.0. The highest BCUT2D eigenvalue weighted by atomic mass is 16.1. The Balaban J connectivity index is 2.23. The van der Waals surface area contributed by atoms with Gasteiger partial charge in [-0.25, -0.2) is 0 Å². The van der Waals surface area contributed by atoms with Crippen molar-refractivity contribution in [2.75, 3.05) is 6.54 Å². The molecule has 2 rings (SSSR count). The lowest BCUT2D eigenvalue weighted by atomic mass is 9.92. The number of benzene rings is 1. The molecule has 1 atom stereocenters. The normalized spacial score (nSPS) is 18.2. The fraction of sp³-hybridized carbons (Fsp3) is 0.312. The Labute approximate surface area is 124 Å². The lowest BCUT2D eigenvalue weighted by molar-refractivity contribution is -0.118. The Morgan fingerprint density at radius 1 is 1.57 bits per heavy atom. The molecule has 0 saturated heterocycles. The average Bonchev–Trinajstić information content (AvgIpc) is 2.88. The van der Waals surface area contributed by atoms with Crippen LogP contribution in [0.5, 0.6) is 0 Å². The van der Waals surface area contributed by atoms with E-state index < -0.39 is 0 Å². The molecule has 0 aromatic heterocycles. The predicted octanol–water partition coefficient (Wildman–Crippen LogP) is 1.50. The highest BCUT2D eigenvalue weighted by molar-refractivity contribution is 6.24. The molecule has 1 heterocycles. The van der Waals surface area contributed by atoms with Gasteiger partial charge in [-0.2, -0.15) is 5.26 Å². The van der Waals surface area contributed by atoms with Gasteiger partial charge >= 0.3 is 0 Å². The summed E-state index contributed by atoms with van der Waals surface area (Å²) in [6.45, 7) is 2.54. The molecule has 1 aromatic carbocycles. The lowest BCUT2D eigenvalue weighted by Crippen LogP contribution is -2.17. The van der Waals surface area contributed by atoms with E-state index in [9.17, 15) is 4.79 Å². The van der Waals surface area contributed by atoms with E-state index in [1.54, 1.807) is 12.3 Å². The van der Waals surface area contributed by atoms with Crippen molar-refractivity contribution < 1.29 is 4.79 Å². The van der Waals surface area contributed by atoms with E-state index >= 15 is 0 Å². The van der Waals surface area contributed by atoms with Crippen LogP contribution in [-0.2, 0) is 4.79 Å². The van der Waals surface area contributed by atoms with Crippen molar-refractivity contribution in [2.24, 2.45) is 22.4 Å². The minimum atomic E-state index is -0.302. The molecule has 0 aliphatic carbocycles. The summed E-state index contributed by atoms with van der Waals surface area (Å²) in [6.07, 6.45) is 2.59. The second kappa shape index (κ2) is 6.23. The molecular formula is C16H18N4O. The average molecular weight is 282 g/mol. The second-order valence-electron chi connectivity index (χ2n) is 5.25. The fourth-order valence-corrected chi connectivity index (χ4v) is 2.64. The topological polar surface area (TPSA) is 105 Å². The molecule has 21 heavy (non-hydrogen) atoms. The zero-order chi connectivity index (χ0) is 15.4. The predicted molar refractivity (Wildman–Crippen MR) is 82.3 cm³/mol. The van der Waals surface area contributed by atoms with Crippen LogP contribution in [0.25, 0.3) is 5.57 Å². The number of carbonyl (C=O) groups is 1. The first-order chi connectivity index (χ1) is 10.0. The van der Waals surface area contributed by atoms with Crippen molar-refractivity contribution in [1.82, 2.24) is 0 Å². The van der Waals surface area contributed by atoms with Crippen LogP contribution in [0.4, 0.5) is 0 Å². The highest BCUT2D eigenvalue weighted by Crippen LogP contribution is 2.28. The first kappa shape index (κ1) is 14.8. The standard InChI is InChI=1S/C16H18N4O/c1-10-4-11(7-17)2-3-13(10)14(8-18)15-5-12(9-20-15)6-16(19)21/h2-4,8,12H,5-6,9,18H2,1H3,(H2,19,21). The molecular weight excluding hydrogens is 264 g/mol. The Bertz CT molecular complexity index is 667. The van der Waals surface area contributed by atoms with Gasteiger partial charge in [0, 0.05) is 30.5 Å². The molecule has 0 radical (unpaired) electrons. The van der Waals surface area contributed by atoms with Gasteiger partial charge in [0.2, 0.25) is 5.91 Å². The summed E-state index contributed by atoms with van der Waals surface area (Å²) in [7, 11) is 0. The molecule has 4 N–H and O–H groups in total. The molecule has 5 nitrogen and oxygen atoms in total. The first-order valence-electron chi connectivity index (χ1n) is 6.80. The van der Waals surface area contributed by atoms with Crippen LogP contribution in [0.1, 0.15) is 29.5 Å². The van der Waals surface area contributed by atoms with Crippen LogP contribution in [0, 0.1) is 24.2 Å². The third-order valence-electron chi connectivity index (χ3n) is 3.64. The van der Waals surface area contributed by atoms with Gasteiger partial charge in [0.15, 0.2) is 0 Å². The number of amides is 1. The van der Waals surface area contributed by atoms with Gasteiger partial charge in [-0.15, -0.1) is 0 Å². The van der Waals surface area contributed by atoms with Gasteiger partial charge in [0.25, 0.3) is 0 Å². The Morgan fingerprint density at radius 3 is 2.90 bits per heavy atom. The van der Waals surface area contributed by atoms with E-state index in [1.807, 2.05) is 19.1 Å². The highest BCUT2D eigenvalue weighted by Gasteiger charge is 2.24. The van der Waals surface area contributed by atoms with Gasteiger partial charge in [-0.3, -0.25) is 9.79 Å². The van der Waals surface area contributed by atoms with Crippen LogP contribution in [0.15, 0.2) is 29.4 Å². The number of nitrogens with zero attached hydrogens (tertiary/aromatic N) is 2. The molecule has 0 saturated carbocycles. The van der Waals surface area contributed by atoms with Crippen molar-refractivity contribution in [1.29, 1.82) is 5.26 Å². The molecule has 108 valence electrons. The molecule has 0 bridgehead atoms. The maximum absolute atomic E-state index is 11.0. The van der Waals surface area contributed by atoms with Crippen LogP contribution in [-0.4, -0.2) is 18.2 Å². The summed E-state index contributed by atoms with van der Waals surface area (Å²) in [4.78, 5) is 15.5. The second-order valence-corrected chi connectivity index (χ2v) is 5.25. The van der Waals surface area contributed by atoms with E-state index in [4.69, 9.17) is 16.7 Å². The van der Waals surface area contributed by atoms with Gasteiger partial charge in [-0.05, 0) is 42.5 Å². The van der Waals surface area contributed by atoms with Crippen molar-refractivity contribution in [3.05, 3.63) is 41.1 Å². The van der Waals surface area contributed by atoms with E-state index in [1.165, 1.54) is 0 Å². The third-order valence-corrected chi connectivity index (χ3v) is 3.64. The lowest BCUT2D eigenvalue weighted by Gasteiger charge is -2.12. The van der Waals surface area contributed by atoms with E-state index in [0.29, 0.717) is 24.9 Å². The molecule has 1 amide bonds.